The van der Waals surface area contributed by atoms with E-state index in [-0.39, 0.29) is 22.2 Å². The standard InChI is InChI=1S/C12H14BrFN2O/c13-10-8(12(15)16)5-6-9(11(10)14)17-7-3-1-2-4-7/h5-7H,1-4H2,(H3,15,16). The molecule has 3 nitrogen and oxygen atoms in total. The minimum Gasteiger partial charge on any atom is -0.487 e. The Morgan fingerprint density at radius 1 is 1.41 bits per heavy atom. The number of nitrogens with two attached hydrogens (primary N) is 1. The minimum absolute atomic E-state index is 0.111. The largest absolute Gasteiger partial charge is 0.487 e. The summed E-state index contributed by atoms with van der Waals surface area (Å²) in [4.78, 5) is 0. The first-order valence-electron chi connectivity index (χ1n) is 5.58. The Morgan fingerprint density at radius 2 is 2.06 bits per heavy atom. The van der Waals surface area contributed by atoms with E-state index in [0.29, 0.717) is 5.56 Å². The number of ether oxygens (including phenoxy) is 1. The molecule has 0 heterocycles. The van der Waals surface area contributed by atoms with Crippen molar-refractivity contribution in [1.82, 2.24) is 0 Å². The van der Waals surface area contributed by atoms with Crippen LogP contribution in [0.2, 0.25) is 0 Å². The van der Waals surface area contributed by atoms with Crippen LogP contribution in [-0.2, 0) is 0 Å². The van der Waals surface area contributed by atoms with E-state index in [2.05, 4.69) is 15.9 Å². The molecular formula is C12H14BrFN2O. The minimum atomic E-state index is -0.482. The van der Waals surface area contributed by atoms with Crippen LogP contribution in [0.15, 0.2) is 16.6 Å². The molecule has 0 saturated heterocycles. The first-order valence-corrected chi connectivity index (χ1v) is 6.38. The highest BCUT2D eigenvalue weighted by molar-refractivity contribution is 9.10. The second kappa shape index (κ2) is 5.04. The molecule has 2 rings (SSSR count). The highest BCUT2D eigenvalue weighted by Gasteiger charge is 2.20. The molecule has 0 amide bonds. The van der Waals surface area contributed by atoms with Crippen molar-refractivity contribution in [3.8, 4) is 5.75 Å². The normalized spacial score (nSPS) is 16.1. The summed E-state index contributed by atoms with van der Waals surface area (Å²) >= 11 is 3.11. The highest BCUT2D eigenvalue weighted by atomic mass is 79.9. The molecule has 0 spiro atoms. The molecule has 1 aromatic rings. The molecule has 92 valence electrons. The molecule has 1 saturated carbocycles. The monoisotopic (exact) mass is 300 g/mol. The molecule has 1 fully saturated rings. The van der Waals surface area contributed by atoms with Gasteiger partial charge < -0.3 is 10.5 Å². The lowest BCUT2D eigenvalue weighted by molar-refractivity contribution is 0.200. The Morgan fingerprint density at radius 3 is 2.65 bits per heavy atom. The van der Waals surface area contributed by atoms with Gasteiger partial charge in [-0.15, -0.1) is 0 Å². The lowest BCUT2D eigenvalue weighted by Gasteiger charge is -2.15. The molecule has 1 aromatic carbocycles. The van der Waals surface area contributed by atoms with Crippen molar-refractivity contribution in [3.05, 3.63) is 28.0 Å². The van der Waals surface area contributed by atoms with Crippen LogP contribution < -0.4 is 10.5 Å². The Bertz CT molecular complexity index is 444. The maximum absolute atomic E-state index is 14.0. The molecule has 0 atom stereocenters. The van der Waals surface area contributed by atoms with E-state index in [1.807, 2.05) is 0 Å². The van der Waals surface area contributed by atoms with Gasteiger partial charge in [0.1, 0.15) is 5.84 Å². The van der Waals surface area contributed by atoms with E-state index in [1.165, 1.54) is 6.07 Å². The van der Waals surface area contributed by atoms with E-state index >= 15 is 0 Å². The summed E-state index contributed by atoms with van der Waals surface area (Å²) in [6, 6.07) is 3.13. The fourth-order valence-corrected chi connectivity index (χ4v) is 2.56. The van der Waals surface area contributed by atoms with Crippen molar-refractivity contribution < 1.29 is 9.13 Å². The topological polar surface area (TPSA) is 59.1 Å². The first-order chi connectivity index (χ1) is 8.09. The van der Waals surface area contributed by atoms with Crippen LogP contribution in [0.25, 0.3) is 0 Å². The van der Waals surface area contributed by atoms with Crippen LogP contribution in [0.1, 0.15) is 31.2 Å². The van der Waals surface area contributed by atoms with Gasteiger partial charge in [-0.25, -0.2) is 4.39 Å². The van der Waals surface area contributed by atoms with E-state index in [9.17, 15) is 4.39 Å². The Hall–Kier alpha value is -1.10. The molecule has 3 N–H and O–H groups in total. The lowest BCUT2D eigenvalue weighted by Crippen LogP contribution is -2.15. The third-order valence-corrected chi connectivity index (χ3v) is 3.71. The van der Waals surface area contributed by atoms with E-state index < -0.39 is 5.82 Å². The zero-order chi connectivity index (χ0) is 12.4. The van der Waals surface area contributed by atoms with Gasteiger partial charge in [0.05, 0.1) is 10.6 Å². The number of nitrogens with one attached hydrogen (secondary N) is 1. The van der Waals surface area contributed by atoms with Gasteiger partial charge in [-0.1, -0.05) is 0 Å². The van der Waals surface area contributed by atoms with Gasteiger partial charge in [-0.3, -0.25) is 5.41 Å². The molecule has 0 aliphatic heterocycles. The number of hydrogen-bond acceptors (Lipinski definition) is 2. The van der Waals surface area contributed by atoms with Crippen molar-refractivity contribution in [1.29, 1.82) is 5.41 Å². The van der Waals surface area contributed by atoms with Crippen molar-refractivity contribution in [2.75, 3.05) is 0 Å². The summed E-state index contributed by atoms with van der Waals surface area (Å²) in [6.45, 7) is 0. The van der Waals surface area contributed by atoms with Crippen molar-refractivity contribution in [2.45, 2.75) is 31.8 Å². The van der Waals surface area contributed by atoms with Crippen LogP contribution in [0, 0.1) is 11.2 Å². The molecule has 0 aromatic heterocycles. The summed E-state index contributed by atoms with van der Waals surface area (Å²) < 4.78 is 19.8. The summed E-state index contributed by atoms with van der Waals surface area (Å²) in [5, 5.41) is 7.31. The number of nitrogen functional groups attached to an aromatic ring is 1. The molecular weight excluding hydrogens is 287 g/mol. The van der Waals surface area contributed by atoms with E-state index in [1.54, 1.807) is 6.07 Å². The summed E-state index contributed by atoms with van der Waals surface area (Å²) in [7, 11) is 0. The van der Waals surface area contributed by atoms with Crippen LogP contribution in [0.3, 0.4) is 0 Å². The van der Waals surface area contributed by atoms with E-state index in [0.717, 1.165) is 25.7 Å². The zero-order valence-corrected chi connectivity index (χ0v) is 10.9. The second-order valence-electron chi connectivity index (χ2n) is 4.18. The average Bonchev–Trinajstić information content (AvgIpc) is 2.77. The fraction of sp³-hybridized carbons (Fsp3) is 0.417. The van der Waals surface area contributed by atoms with Gasteiger partial charge in [-0.2, -0.15) is 0 Å². The predicted molar refractivity (Wildman–Crippen MR) is 68.0 cm³/mol. The van der Waals surface area contributed by atoms with Gasteiger partial charge in [0.2, 0.25) is 0 Å². The SMILES string of the molecule is N=C(N)c1ccc(OC2CCCC2)c(F)c1Br. The number of rotatable bonds is 3. The Kier molecular flexibility index (Phi) is 3.66. The number of hydrogen-bond donors (Lipinski definition) is 2. The van der Waals surface area contributed by atoms with Crippen LogP contribution in [-0.4, -0.2) is 11.9 Å². The van der Waals surface area contributed by atoms with Gasteiger partial charge in [0, 0.05) is 5.56 Å². The Labute approximate surface area is 108 Å². The van der Waals surface area contributed by atoms with Gasteiger partial charge >= 0.3 is 0 Å². The number of amidine groups is 1. The maximum atomic E-state index is 14.0. The Balaban J connectivity index is 2.23. The summed E-state index contributed by atoms with van der Waals surface area (Å²) in [6.07, 6.45) is 4.34. The van der Waals surface area contributed by atoms with E-state index in [4.69, 9.17) is 15.9 Å². The smallest absolute Gasteiger partial charge is 0.179 e. The lowest BCUT2D eigenvalue weighted by atomic mass is 10.2. The third kappa shape index (κ3) is 2.60. The summed E-state index contributed by atoms with van der Waals surface area (Å²) in [5.74, 6) is -0.415. The van der Waals surface area contributed by atoms with Crippen molar-refractivity contribution >= 4 is 21.8 Å². The summed E-state index contributed by atoms with van der Waals surface area (Å²) in [5.41, 5.74) is 5.69. The van der Waals surface area contributed by atoms with Crippen LogP contribution in [0.4, 0.5) is 4.39 Å². The zero-order valence-electron chi connectivity index (χ0n) is 9.30. The number of benzene rings is 1. The molecule has 0 unspecified atom stereocenters. The third-order valence-electron chi connectivity index (χ3n) is 2.93. The van der Waals surface area contributed by atoms with Crippen molar-refractivity contribution in [2.24, 2.45) is 5.73 Å². The molecule has 0 bridgehead atoms. The van der Waals surface area contributed by atoms with Gasteiger partial charge in [-0.05, 0) is 53.7 Å². The first kappa shape index (κ1) is 12.4. The quantitative estimate of drug-likeness (QED) is 0.665. The van der Waals surface area contributed by atoms with Crippen LogP contribution in [0.5, 0.6) is 5.75 Å². The average molecular weight is 301 g/mol. The maximum Gasteiger partial charge on any atom is 0.179 e. The van der Waals surface area contributed by atoms with Gasteiger partial charge in [0.15, 0.2) is 11.6 Å². The fourth-order valence-electron chi connectivity index (χ4n) is 2.02. The van der Waals surface area contributed by atoms with Gasteiger partial charge in [0.25, 0.3) is 0 Å². The van der Waals surface area contributed by atoms with Crippen LogP contribution >= 0.6 is 15.9 Å². The molecule has 0 radical (unpaired) electrons. The molecule has 17 heavy (non-hydrogen) atoms. The highest BCUT2D eigenvalue weighted by Crippen LogP contribution is 2.31. The molecule has 5 heteroatoms. The number of halogens is 2. The molecule has 1 aliphatic carbocycles. The molecule has 1 aliphatic rings. The predicted octanol–water partition coefficient (Wildman–Crippen LogP) is 3.19. The second-order valence-corrected chi connectivity index (χ2v) is 4.97. The van der Waals surface area contributed by atoms with Crippen molar-refractivity contribution in [3.63, 3.8) is 0 Å².